The summed E-state index contributed by atoms with van der Waals surface area (Å²) in [6.45, 7) is 2.20. The fraction of sp³-hybridized carbons (Fsp3) is 0.450. The third-order valence-electron chi connectivity index (χ3n) is 5.01. The van der Waals surface area contributed by atoms with Crippen LogP contribution in [0, 0.1) is 0 Å². The number of nitrogens with zero attached hydrogens (tertiary/aromatic N) is 3. The number of ketones is 1. The van der Waals surface area contributed by atoms with Crippen LogP contribution in [0.1, 0.15) is 57.1 Å². The van der Waals surface area contributed by atoms with Crippen molar-refractivity contribution < 1.29 is 4.79 Å². The van der Waals surface area contributed by atoms with Gasteiger partial charge in [0.15, 0.2) is 5.78 Å². The molecule has 5 nitrogen and oxygen atoms in total. The Hall–Kier alpha value is -1.79. The van der Waals surface area contributed by atoms with Crippen LogP contribution in [0.25, 0.3) is 0 Å². The van der Waals surface area contributed by atoms with Crippen LogP contribution in [0.15, 0.2) is 40.7 Å². The van der Waals surface area contributed by atoms with Crippen LogP contribution in [0.3, 0.4) is 0 Å². The van der Waals surface area contributed by atoms with Gasteiger partial charge in [-0.15, -0.1) is 5.10 Å². The second-order valence-corrected chi connectivity index (χ2v) is 8.46. The van der Waals surface area contributed by atoms with Crippen LogP contribution in [0.5, 0.6) is 0 Å². The van der Waals surface area contributed by atoms with E-state index in [1.54, 1.807) is 11.8 Å². The zero-order valence-corrected chi connectivity index (χ0v) is 16.9. The highest BCUT2D eigenvalue weighted by Gasteiger charge is 2.36. The number of carbonyl (C=O) groups excluding carboxylic acids is 1. The highest BCUT2D eigenvalue weighted by Crippen LogP contribution is 2.40. The van der Waals surface area contributed by atoms with Gasteiger partial charge in [-0.25, -0.2) is 4.68 Å². The number of rotatable bonds is 6. The number of aromatic nitrogens is 3. The molecule has 1 aromatic heterocycles. The summed E-state index contributed by atoms with van der Waals surface area (Å²) in [5, 5.41) is 9.56. The number of halogens is 1. The summed E-state index contributed by atoms with van der Waals surface area (Å²) >= 11 is 7.75. The zero-order valence-electron chi connectivity index (χ0n) is 15.4. The maximum atomic E-state index is 12.7. The first-order chi connectivity index (χ1) is 13.2. The minimum absolute atomic E-state index is 0.196. The number of allylic oxidation sites excluding steroid dienone is 2. The van der Waals surface area contributed by atoms with Crippen LogP contribution >= 0.6 is 23.4 Å². The minimum atomic E-state index is -0.237. The van der Waals surface area contributed by atoms with Crippen molar-refractivity contribution in [2.24, 2.45) is 0 Å². The van der Waals surface area contributed by atoms with E-state index in [-0.39, 0.29) is 11.8 Å². The van der Waals surface area contributed by atoms with E-state index in [1.807, 2.05) is 28.9 Å². The Morgan fingerprint density at radius 3 is 2.85 bits per heavy atom. The second kappa shape index (κ2) is 8.07. The molecule has 0 bridgehead atoms. The van der Waals surface area contributed by atoms with Gasteiger partial charge in [-0.2, -0.15) is 4.98 Å². The number of fused-ring (bicyclic) bond motifs is 1. The van der Waals surface area contributed by atoms with Gasteiger partial charge < -0.3 is 5.32 Å². The number of hydrogen-bond acceptors (Lipinski definition) is 5. The minimum Gasteiger partial charge on any atom is -0.328 e. The van der Waals surface area contributed by atoms with Crippen LogP contribution in [0.4, 0.5) is 5.95 Å². The number of hydrogen-bond donors (Lipinski definition) is 1. The number of benzene rings is 1. The molecular weight excluding hydrogens is 380 g/mol. The van der Waals surface area contributed by atoms with E-state index in [9.17, 15) is 4.79 Å². The molecule has 0 fully saturated rings. The molecule has 0 amide bonds. The maximum absolute atomic E-state index is 12.7. The molecule has 0 radical (unpaired) electrons. The van der Waals surface area contributed by atoms with Crippen molar-refractivity contribution in [2.45, 2.75) is 56.6 Å². The maximum Gasteiger partial charge on any atom is 0.227 e. The van der Waals surface area contributed by atoms with E-state index in [0.717, 1.165) is 53.0 Å². The van der Waals surface area contributed by atoms with Crippen molar-refractivity contribution >= 4 is 35.1 Å². The average molecular weight is 403 g/mol. The van der Waals surface area contributed by atoms with Crippen LogP contribution in [0.2, 0.25) is 5.02 Å². The first-order valence-electron chi connectivity index (χ1n) is 9.55. The SMILES string of the molecule is CCCCCSc1nc2n(n1)[C@H](c1ccc(Cl)cc1)C1=C(CCCC1=O)N2. The van der Waals surface area contributed by atoms with Gasteiger partial charge >= 0.3 is 0 Å². The van der Waals surface area contributed by atoms with E-state index in [0.29, 0.717) is 11.4 Å². The summed E-state index contributed by atoms with van der Waals surface area (Å²) < 4.78 is 1.87. The molecule has 27 heavy (non-hydrogen) atoms. The average Bonchev–Trinajstić information content (AvgIpc) is 3.07. The lowest BCUT2D eigenvalue weighted by Gasteiger charge is -2.32. The number of carbonyl (C=O) groups is 1. The lowest BCUT2D eigenvalue weighted by molar-refractivity contribution is -0.116. The predicted octanol–water partition coefficient (Wildman–Crippen LogP) is 5.24. The first-order valence-corrected chi connectivity index (χ1v) is 10.9. The Bertz CT molecular complexity index is 875. The third-order valence-corrected chi connectivity index (χ3v) is 6.19. The lowest BCUT2D eigenvalue weighted by Crippen LogP contribution is -2.31. The molecule has 2 aromatic rings. The summed E-state index contributed by atoms with van der Waals surface area (Å²) in [6, 6.07) is 7.44. The molecular formula is C20H23ClN4OS. The summed E-state index contributed by atoms with van der Waals surface area (Å²) in [5.74, 6) is 1.93. The Morgan fingerprint density at radius 1 is 1.26 bits per heavy atom. The van der Waals surface area contributed by atoms with Crippen LogP contribution in [-0.2, 0) is 4.79 Å². The molecule has 1 N–H and O–H groups in total. The predicted molar refractivity (Wildman–Crippen MR) is 109 cm³/mol. The highest BCUT2D eigenvalue weighted by molar-refractivity contribution is 7.99. The molecule has 1 aliphatic carbocycles. The van der Waals surface area contributed by atoms with Gasteiger partial charge in [0.25, 0.3) is 0 Å². The summed E-state index contributed by atoms with van der Waals surface area (Å²) in [5.41, 5.74) is 2.83. The zero-order chi connectivity index (χ0) is 18.8. The Morgan fingerprint density at radius 2 is 2.07 bits per heavy atom. The normalized spacial score (nSPS) is 18.9. The van der Waals surface area contributed by atoms with Crippen molar-refractivity contribution in [3.8, 4) is 0 Å². The van der Waals surface area contributed by atoms with E-state index < -0.39 is 0 Å². The molecule has 0 spiro atoms. The van der Waals surface area contributed by atoms with Crippen molar-refractivity contribution in [1.82, 2.24) is 14.8 Å². The van der Waals surface area contributed by atoms with Gasteiger partial charge in [-0.3, -0.25) is 4.79 Å². The van der Waals surface area contributed by atoms with E-state index in [1.165, 1.54) is 12.8 Å². The Kier molecular flexibility index (Phi) is 5.55. The molecule has 2 aliphatic rings. The smallest absolute Gasteiger partial charge is 0.227 e. The molecule has 1 aliphatic heterocycles. The number of nitrogens with one attached hydrogen (secondary N) is 1. The van der Waals surface area contributed by atoms with Crippen LogP contribution < -0.4 is 5.32 Å². The molecule has 7 heteroatoms. The molecule has 2 heterocycles. The van der Waals surface area contributed by atoms with Gasteiger partial charge in [0.2, 0.25) is 11.1 Å². The quantitative estimate of drug-likeness (QED) is 0.529. The van der Waals surface area contributed by atoms with Crippen molar-refractivity contribution in [1.29, 1.82) is 0 Å². The molecule has 4 rings (SSSR count). The van der Waals surface area contributed by atoms with E-state index in [4.69, 9.17) is 16.7 Å². The van der Waals surface area contributed by atoms with Crippen molar-refractivity contribution in [2.75, 3.05) is 11.1 Å². The van der Waals surface area contributed by atoms with Gasteiger partial charge in [0.1, 0.15) is 6.04 Å². The number of unbranched alkanes of at least 4 members (excludes halogenated alkanes) is 2. The summed E-state index contributed by atoms with van der Waals surface area (Å²) in [7, 11) is 0. The van der Waals surface area contributed by atoms with Gasteiger partial charge in [-0.1, -0.05) is 55.3 Å². The Labute approximate surface area is 168 Å². The van der Waals surface area contributed by atoms with Gasteiger partial charge in [0, 0.05) is 28.5 Å². The van der Waals surface area contributed by atoms with Crippen molar-refractivity contribution in [3.05, 3.63) is 46.1 Å². The van der Waals surface area contributed by atoms with Gasteiger partial charge in [-0.05, 0) is 37.0 Å². The molecule has 0 saturated carbocycles. The Balaban J connectivity index is 1.70. The first kappa shape index (κ1) is 18.6. The second-order valence-electron chi connectivity index (χ2n) is 6.97. The van der Waals surface area contributed by atoms with E-state index in [2.05, 4.69) is 17.2 Å². The fourth-order valence-corrected chi connectivity index (χ4v) is 4.62. The third kappa shape index (κ3) is 3.78. The fourth-order valence-electron chi connectivity index (χ4n) is 3.67. The van der Waals surface area contributed by atoms with E-state index >= 15 is 0 Å². The molecule has 1 aromatic carbocycles. The highest BCUT2D eigenvalue weighted by atomic mass is 35.5. The molecule has 0 saturated heterocycles. The van der Waals surface area contributed by atoms with Gasteiger partial charge in [0.05, 0.1) is 0 Å². The lowest BCUT2D eigenvalue weighted by atomic mass is 9.85. The number of Topliss-reactive ketones (excluding diaryl/α,β-unsaturated/α-hetero) is 1. The molecule has 0 unspecified atom stereocenters. The molecule has 142 valence electrons. The summed E-state index contributed by atoms with van der Waals surface area (Å²) in [4.78, 5) is 17.4. The standard InChI is InChI=1S/C20H23ClN4OS/c1-2-3-4-12-27-20-23-19-22-15-6-5-7-16(26)17(15)18(25(19)24-20)13-8-10-14(21)11-9-13/h8-11,18H,2-7,12H2,1H3,(H,22,23,24)/t18-/m1/s1. The van der Waals surface area contributed by atoms with Crippen molar-refractivity contribution in [3.63, 3.8) is 0 Å². The summed E-state index contributed by atoms with van der Waals surface area (Å²) in [6.07, 6.45) is 5.92. The number of thioether (sulfide) groups is 1. The largest absolute Gasteiger partial charge is 0.328 e. The number of anilines is 1. The topological polar surface area (TPSA) is 59.8 Å². The van der Waals surface area contributed by atoms with Crippen LogP contribution in [-0.4, -0.2) is 26.3 Å². The molecule has 1 atom stereocenters. The monoisotopic (exact) mass is 402 g/mol.